The van der Waals surface area contributed by atoms with E-state index in [0.29, 0.717) is 18.7 Å². The molecule has 1 fully saturated rings. The van der Waals surface area contributed by atoms with E-state index in [0.717, 1.165) is 54.0 Å². The zero-order valence-corrected chi connectivity index (χ0v) is 20.5. The first-order valence-corrected chi connectivity index (χ1v) is 13.1. The zero-order chi connectivity index (χ0) is 24.4. The summed E-state index contributed by atoms with van der Waals surface area (Å²) in [5.41, 5.74) is 1.09. The number of nitrogens with zero attached hydrogens (tertiary/aromatic N) is 2. The van der Waals surface area contributed by atoms with Crippen molar-refractivity contribution < 1.29 is 9.84 Å². The molecule has 1 aliphatic heterocycles. The predicted molar refractivity (Wildman–Crippen MR) is 139 cm³/mol. The maximum atomic E-state index is 13.1. The van der Waals surface area contributed by atoms with Gasteiger partial charge in [0, 0.05) is 28.2 Å². The van der Waals surface area contributed by atoms with Gasteiger partial charge >= 0.3 is 5.69 Å². The maximum absolute atomic E-state index is 13.1. The van der Waals surface area contributed by atoms with E-state index in [1.807, 2.05) is 55.5 Å². The van der Waals surface area contributed by atoms with Crippen LogP contribution in [0, 0.1) is 0 Å². The lowest BCUT2D eigenvalue weighted by Crippen LogP contribution is -2.36. The summed E-state index contributed by atoms with van der Waals surface area (Å²) in [5.74, 6) is 0.502. The predicted octanol–water partition coefficient (Wildman–Crippen LogP) is 5.50. The summed E-state index contributed by atoms with van der Waals surface area (Å²) in [4.78, 5) is 34.1. The van der Waals surface area contributed by atoms with Gasteiger partial charge in [-0.3, -0.25) is 19.3 Å². The summed E-state index contributed by atoms with van der Waals surface area (Å²) < 4.78 is 7.27. The molecule has 182 valence electrons. The van der Waals surface area contributed by atoms with Crippen LogP contribution < -0.4 is 16.0 Å². The van der Waals surface area contributed by atoms with Crippen molar-refractivity contribution in [2.75, 3.05) is 6.61 Å². The van der Waals surface area contributed by atoms with Crippen LogP contribution in [-0.2, 0) is 0 Å². The number of H-pyrrole nitrogens is 1. The molecule has 1 saturated carbocycles. The Balaban J connectivity index is 1.66. The third-order valence-corrected chi connectivity index (χ3v) is 7.99. The largest absolute Gasteiger partial charge is 0.494 e. The molecule has 1 aromatic heterocycles. The SMILES string of the molecule is CCOc1ccccc1[C@H]1CC(c2c(O)n(C3CCCCC3)c(=O)[nH]c2=O)=Nc2ccccc2S1. The van der Waals surface area contributed by atoms with Crippen LogP contribution in [0.25, 0.3) is 0 Å². The number of fused-ring (bicyclic) bond motifs is 1. The molecule has 0 saturated heterocycles. The van der Waals surface area contributed by atoms with E-state index >= 15 is 0 Å². The van der Waals surface area contributed by atoms with Crippen LogP contribution in [0.3, 0.4) is 0 Å². The number of hydrogen-bond donors (Lipinski definition) is 2. The molecule has 0 bridgehead atoms. The third kappa shape index (κ3) is 4.67. The molecule has 1 aliphatic carbocycles. The first-order valence-electron chi connectivity index (χ1n) is 12.2. The molecule has 35 heavy (non-hydrogen) atoms. The summed E-state index contributed by atoms with van der Waals surface area (Å²) >= 11 is 1.66. The van der Waals surface area contributed by atoms with Crippen LogP contribution in [0.4, 0.5) is 5.69 Å². The Labute approximate surface area is 207 Å². The number of aromatic amines is 1. The number of ether oxygens (including phenoxy) is 1. The second-order valence-electron chi connectivity index (χ2n) is 8.93. The first-order chi connectivity index (χ1) is 17.1. The van der Waals surface area contributed by atoms with E-state index in [1.54, 1.807) is 11.8 Å². The van der Waals surface area contributed by atoms with Gasteiger partial charge in [0.05, 0.1) is 18.0 Å². The number of hydrogen-bond acceptors (Lipinski definition) is 6. The molecule has 0 amide bonds. The van der Waals surface area contributed by atoms with E-state index in [9.17, 15) is 14.7 Å². The highest BCUT2D eigenvalue weighted by molar-refractivity contribution is 7.99. The van der Waals surface area contributed by atoms with Gasteiger partial charge < -0.3 is 9.84 Å². The normalized spacial score (nSPS) is 18.4. The Hall–Kier alpha value is -3.26. The van der Waals surface area contributed by atoms with Gasteiger partial charge in [0.25, 0.3) is 5.56 Å². The maximum Gasteiger partial charge on any atom is 0.331 e. The van der Waals surface area contributed by atoms with Crippen LogP contribution in [-0.4, -0.2) is 27.0 Å². The summed E-state index contributed by atoms with van der Waals surface area (Å²) in [7, 11) is 0. The molecular formula is C27H29N3O4S. The van der Waals surface area contributed by atoms with Crippen molar-refractivity contribution in [1.29, 1.82) is 0 Å². The van der Waals surface area contributed by atoms with Crippen molar-refractivity contribution in [2.45, 2.75) is 61.6 Å². The molecule has 0 radical (unpaired) electrons. The lowest BCUT2D eigenvalue weighted by atomic mass is 9.95. The molecule has 8 heteroatoms. The lowest BCUT2D eigenvalue weighted by Gasteiger charge is -2.25. The van der Waals surface area contributed by atoms with Gasteiger partial charge in [-0.1, -0.05) is 49.6 Å². The summed E-state index contributed by atoms with van der Waals surface area (Å²) in [6.45, 7) is 2.49. The highest BCUT2D eigenvalue weighted by Gasteiger charge is 2.30. The molecule has 0 spiro atoms. The molecule has 2 aliphatic rings. The molecule has 0 unspecified atom stereocenters. The van der Waals surface area contributed by atoms with Gasteiger partial charge in [0.1, 0.15) is 11.3 Å². The fourth-order valence-corrected chi connectivity index (χ4v) is 6.31. The smallest absolute Gasteiger partial charge is 0.331 e. The zero-order valence-electron chi connectivity index (χ0n) is 19.7. The van der Waals surface area contributed by atoms with Crippen molar-refractivity contribution in [3.05, 3.63) is 80.5 Å². The second-order valence-corrected chi connectivity index (χ2v) is 10.2. The number of thioether (sulfide) groups is 1. The van der Waals surface area contributed by atoms with Crippen LogP contribution in [0.2, 0.25) is 0 Å². The topological polar surface area (TPSA) is 96.7 Å². The van der Waals surface area contributed by atoms with Crippen molar-refractivity contribution in [2.24, 2.45) is 4.99 Å². The Morgan fingerprint density at radius 3 is 2.63 bits per heavy atom. The van der Waals surface area contributed by atoms with Gasteiger partial charge in [-0.05, 0) is 38.0 Å². The lowest BCUT2D eigenvalue weighted by molar-refractivity contribution is 0.298. The highest BCUT2D eigenvalue weighted by Crippen LogP contribution is 2.48. The molecule has 2 aromatic carbocycles. The third-order valence-electron chi connectivity index (χ3n) is 6.68. The number of para-hydroxylation sites is 2. The van der Waals surface area contributed by atoms with Crippen LogP contribution in [0.15, 0.2) is 68.0 Å². The number of aromatic hydroxyl groups is 1. The van der Waals surface area contributed by atoms with Crippen LogP contribution >= 0.6 is 11.8 Å². The molecule has 1 atom stereocenters. The monoisotopic (exact) mass is 491 g/mol. The molecule has 3 aromatic rings. The fourth-order valence-electron chi connectivity index (χ4n) is 5.05. The Morgan fingerprint density at radius 1 is 1.09 bits per heavy atom. The first kappa shape index (κ1) is 23.5. The number of benzene rings is 2. The van der Waals surface area contributed by atoms with E-state index in [2.05, 4.69) is 4.98 Å². The molecular weight excluding hydrogens is 462 g/mol. The fraction of sp³-hybridized carbons (Fsp3) is 0.370. The van der Waals surface area contributed by atoms with Crippen molar-refractivity contribution in [1.82, 2.24) is 9.55 Å². The van der Waals surface area contributed by atoms with Crippen LogP contribution in [0.5, 0.6) is 11.6 Å². The summed E-state index contributed by atoms with van der Waals surface area (Å²) in [6, 6.07) is 15.5. The number of aliphatic imine (C=N–C) groups is 1. The molecule has 2 heterocycles. The van der Waals surface area contributed by atoms with Gasteiger partial charge in [0.15, 0.2) is 0 Å². The Bertz CT molecular complexity index is 1370. The number of nitrogens with one attached hydrogen (secondary N) is 1. The molecule has 5 rings (SSSR count). The Kier molecular flexibility index (Phi) is 6.81. The quantitative estimate of drug-likeness (QED) is 0.491. The standard InChI is InChI=1S/C27H29N3O4S/c1-2-34-21-14-8-6-12-18(21)23-16-20(28-19-13-7-9-15-22(19)35-23)24-25(31)29-27(33)30(26(24)32)17-10-4-3-5-11-17/h6-9,12-15,17,23,32H,2-5,10-11,16H2,1H3,(H,29,31,33)/t23-/m1/s1. The van der Waals surface area contributed by atoms with E-state index in [4.69, 9.17) is 9.73 Å². The minimum absolute atomic E-state index is 0.0753. The minimum atomic E-state index is -0.612. The second kappa shape index (κ2) is 10.2. The average molecular weight is 492 g/mol. The summed E-state index contributed by atoms with van der Waals surface area (Å²) in [5, 5.41) is 11.2. The highest BCUT2D eigenvalue weighted by atomic mass is 32.2. The van der Waals surface area contributed by atoms with Crippen molar-refractivity contribution in [3.63, 3.8) is 0 Å². The van der Waals surface area contributed by atoms with E-state index in [-0.39, 0.29) is 22.7 Å². The van der Waals surface area contributed by atoms with E-state index in [1.165, 1.54) is 4.57 Å². The Morgan fingerprint density at radius 2 is 1.83 bits per heavy atom. The van der Waals surface area contributed by atoms with Crippen molar-refractivity contribution >= 4 is 23.2 Å². The molecule has 7 nitrogen and oxygen atoms in total. The number of aromatic nitrogens is 2. The van der Waals surface area contributed by atoms with Gasteiger partial charge in [0.2, 0.25) is 5.88 Å². The van der Waals surface area contributed by atoms with E-state index < -0.39 is 11.2 Å². The summed E-state index contributed by atoms with van der Waals surface area (Å²) in [6.07, 6.45) is 5.09. The number of rotatable bonds is 5. The van der Waals surface area contributed by atoms with Crippen LogP contribution in [0.1, 0.15) is 67.9 Å². The minimum Gasteiger partial charge on any atom is -0.494 e. The average Bonchev–Trinajstić information content (AvgIpc) is 3.04. The van der Waals surface area contributed by atoms with Gasteiger partial charge in [-0.15, -0.1) is 11.8 Å². The van der Waals surface area contributed by atoms with Gasteiger partial charge in [-0.2, -0.15) is 0 Å². The van der Waals surface area contributed by atoms with Gasteiger partial charge in [-0.25, -0.2) is 4.79 Å². The molecule has 2 N–H and O–H groups in total. The van der Waals surface area contributed by atoms with Crippen molar-refractivity contribution in [3.8, 4) is 11.6 Å².